The van der Waals surface area contributed by atoms with E-state index in [2.05, 4.69) is 18.0 Å². The maximum atomic E-state index is 13.4. The molecule has 0 radical (unpaired) electrons. The summed E-state index contributed by atoms with van der Waals surface area (Å²) in [6.45, 7) is 1.60. The van der Waals surface area contributed by atoms with Crippen LogP contribution in [0.1, 0.15) is 29.6 Å². The molecular weight excluding hydrogens is 498 g/mol. The molecule has 7 bridgehead atoms. The van der Waals surface area contributed by atoms with Crippen molar-refractivity contribution in [1.82, 2.24) is 4.90 Å². The monoisotopic (exact) mass is 539 g/mol. The summed E-state index contributed by atoms with van der Waals surface area (Å²) in [6, 6.07) is 9.25. The molecule has 1 N–H and O–H groups in total. The third kappa shape index (κ3) is 3.03. The zero-order valence-electron chi connectivity index (χ0n) is 23.5. The van der Waals surface area contributed by atoms with Crippen LogP contribution >= 0.6 is 0 Å². The summed E-state index contributed by atoms with van der Waals surface area (Å²) >= 11 is 0. The van der Waals surface area contributed by atoms with Crippen LogP contribution in [-0.4, -0.2) is 101 Å². The summed E-state index contributed by atoms with van der Waals surface area (Å²) in [5.41, 5.74) is 0.00849. The smallest absolute Gasteiger partial charge is 0.338 e. The van der Waals surface area contributed by atoms with Gasteiger partial charge in [0.2, 0.25) is 0 Å². The van der Waals surface area contributed by atoms with Crippen molar-refractivity contribution in [2.24, 2.45) is 34.5 Å². The first-order valence-electron chi connectivity index (χ1n) is 14.3. The lowest BCUT2D eigenvalue weighted by Gasteiger charge is -2.67. The molecule has 6 aliphatic rings. The van der Waals surface area contributed by atoms with E-state index in [0.717, 1.165) is 19.4 Å². The molecule has 1 saturated heterocycles. The highest BCUT2D eigenvalue weighted by Crippen LogP contribution is 2.78. The number of aliphatic hydroxyl groups is 1. The lowest BCUT2D eigenvalue weighted by Crippen LogP contribution is -2.72. The molecule has 0 aromatic heterocycles. The van der Waals surface area contributed by atoms with Crippen molar-refractivity contribution < 1.29 is 33.6 Å². The Hall–Kier alpha value is -1.81. The predicted octanol–water partition coefficient (Wildman–Crippen LogP) is 2.55. The topological polar surface area (TPSA) is 86.7 Å². The first-order valence-corrected chi connectivity index (χ1v) is 14.3. The number of rotatable bonds is 7. The second kappa shape index (κ2) is 8.84. The number of methoxy groups -OCH3 is 4. The van der Waals surface area contributed by atoms with Crippen LogP contribution in [0.2, 0.25) is 0 Å². The van der Waals surface area contributed by atoms with Crippen LogP contribution in [-0.2, 0) is 23.7 Å². The minimum Gasteiger partial charge on any atom is -0.455 e. The van der Waals surface area contributed by atoms with E-state index in [4.69, 9.17) is 23.7 Å². The van der Waals surface area contributed by atoms with Crippen molar-refractivity contribution in [3.8, 4) is 0 Å². The second-order valence-electron chi connectivity index (χ2n) is 13.0. The average molecular weight is 540 g/mol. The molecule has 12 atom stereocenters. The van der Waals surface area contributed by atoms with Gasteiger partial charge in [0.05, 0.1) is 24.4 Å². The van der Waals surface area contributed by atoms with Gasteiger partial charge in [0, 0.05) is 69.6 Å². The zero-order chi connectivity index (χ0) is 27.3. The van der Waals surface area contributed by atoms with E-state index in [-0.39, 0.29) is 52.8 Å². The Labute approximate surface area is 230 Å². The molecule has 1 unspecified atom stereocenters. The number of hydrogen-bond donors (Lipinski definition) is 1. The Morgan fingerprint density at radius 2 is 1.85 bits per heavy atom. The number of carbonyl (C=O) groups excluding carboxylic acids is 1. The van der Waals surface area contributed by atoms with Crippen LogP contribution < -0.4 is 0 Å². The molecule has 212 valence electrons. The number of hydrogen-bond acceptors (Lipinski definition) is 8. The highest BCUT2D eigenvalue weighted by atomic mass is 16.6. The number of benzene rings is 1. The van der Waals surface area contributed by atoms with Gasteiger partial charge in [-0.3, -0.25) is 0 Å². The second-order valence-corrected chi connectivity index (χ2v) is 13.0. The van der Waals surface area contributed by atoms with Crippen LogP contribution in [0.5, 0.6) is 0 Å². The van der Waals surface area contributed by atoms with E-state index < -0.39 is 23.8 Å². The molecule has 5 aliphatic carbocycles. The summed E-state index contributed by atoms with van der Waals surface area (Å²) < 4.78 is 31.1. The van der Waals surface area contributed by atoms with Crippen molar-refractivity contribution in [3.63, 3.8) is 0 Å². The minimum absolute atomic E-state index is 0.00357. The van der Waals surface area contributed by atoms with Gasteiger partial charge in [-0.25, -0.2) is 4.79 Å². The average Bonchev–Trinajstić information content (AvgIpc) is 3.29. The van der Waals surface area contributed by atoms with Crippen LogP contribution in [0.3, 0.4) is 0 Å². The third-order valence-electron chi connectivity index (χ3n) is 11.8. The SMILES string of the molecule is COC[C@@]12CC[C@H](OC)[C@@]34[C@@H]5C[C@]6(O)[C@@H](OC)C=C(C([C@H](OC)[C@H]13)[C@H]4N(C)C2)[C@H]5[C@H]6OC(=O)c1ccccc1. The highest BCUT2D eigenvalue weighted by molar-refractivity contribution is 5.89. The van der Waals surface area contributed by atoms with E-state index in [9.17, 15) is 9.90 Å². The molecule has 8 nitrogen and oxygen atoms in total. The highest BCUT2D eigenvalue weighted by Gasteiger charge is 2.84. The zero-order valence-corrected chi connectivity index (χ0v) is 23.5. The fourth-order valence-corrected chi connectivity index (χ4v) is 11.1. The molecule has 1 spiro atoms. The third-order valence-corrected chi connectivity index (χ3v) is 11.8. The quantitative estimate of drug-likeness (QED) is 0.418. The van der Waals surface area contributed by atoms with Gasteiger partial charge in [0.25, 0.3) is 0 Å². The molecule has 7 rings (SSSR count). The predicted molar refractivity (Wildman–Crippen MR) is 142 cm³/mol. The Kier molecular flexibility index (Phi) is 5.92. The van der Waals surface area contributed by atoms with Crippen molar-refractivity contribution in [2.75, 3.05) is 48.6 Å². The first kappa shape index (κ1) is 26.1. The summed E-state index contributed by atoms with van der Waals surface area (Å²) in [5, 5.41) is 12.4. The van der Waals surface area contributed by atoms with E-state index >= 15 is 0 Å². The number of nitrogens with zero attached hydrogens (tertiary/aromatic N) is 1. The van der Waals surface area contributed by atoms with Crippen LogP contribution in [0.15, 0.2) is 42.0 Å². The number of carbonyl (C=O) groups is 1. The minimum atomic E-state index is -1.33. The Morgan fingerprint density at radius 3 is 2.51 bits per heavy atom. The Morgan fingerprint density at radius 1 is 1.08 bits per heavy atom. The molecule has 4 saturated carbocycles. The maximum Gasteiger partial charge on any atom is 0.338 e. The fourth-order valence-electron chi connectivity index (χ4n) is 11.1. The van der Waals surface area contributed by atoms with Gasteiger partial charge in [-0.2, -0.15) is 0 Å². The van der Waals surface area contributed by atoms with Gasteiger partial charge >= 0.3 is 5.97 Å². The van der Waals surface area contributed by atoms with E-state index in [1.54, 1.807) is 26.4 Å². The van der Waals surface area contributed by atoms with Crippen LogP contribution in [0.4, 0.5) is 0 Å². The van der Waals surface area contributed by atoms with E-state index in [1.165, 1.54) is 5.57 Å². The summed E-state index contributed by atoms with van der Waals surface area (Å²) in [4.78, 5) is 16.0. The summed E-state index contributed by atoms with van der Waals surface area (Å²) in [5.74, 6) is -0.213. The molecular formula is C31H41NO7. The normalized spacial score (nSPS) is 49.1. The van der Waals surface area contributed by atoms with E-state index in [1.807, 2.05) is 32.4 Å². The van der Waals surface area contributed by atoms with Gasteiger partial charge in [-0.15, -0.1) is 0 Å². The number of piperidine rings is 1. The van der Waals surface area contributed by atoms with Gasteiger partial charge in [-0.1, -0.05) is 29.8 Å². The fraction of sp³-hybridized carbons (Fsp3) is 0.710. The van der Waals surface area contributed by atoms with Gasteiger partial charge in [-0.05, 0) is 44.4 Å². The number of esters is 1. The summed E-state index contributed by atoms with van der Waals surface area (Å²) in [6.07, 6.45) is 3.26. The molecule has 1 aliphatic heterocycles. The van der Waals surface area contributed by atoms with Crippen molar-refractivity contribution in [1.29, 1.82) is 0 Å². The Balaban J connectivity index is 1.42. The van der Waals surface area contributed by atoms with Crippen LogP contribution in [0.25, 0.3) is 0 Å². The van der Waals surface area contributed by atoms with Crippen molar-refractivity contribution >= 4 is 5.97 Å². The lowest BCUT2D eigenvalue weighted by atomic mass is 9.44. The molecule has 1 aromatic carbocycles. The first-order chi connectivity index (χ1) is 18.8. The largest absolute Gasteiger partial charge is 0.455 e. The molecule has 1 heterocycles. The molecule has 39 heavy (non-hydrogen) atoms. The van der Waals surface area contributed by atoms with Crippen molar-refractivity contribution in [3.05, 3.63) is 47.5 Å². The number of ether oxygens (including phenoxy) is 5. The molecule has 5 fully saturated rings. The summed E-state index contributed by atoms with van der Waals surface area (Å²) in [7, 11) is 9.34. The molecule has 1 aromatic rings. The maximum absolute atomic E-state index is 13.4. The van der Waals surface area contributed by atoms with Gasteiger partial charge in [0.1, 0.15) is 17.8 Å². The van der Waals surface area contributed by atoms with Gasteiger partial charge < -0.3 is 33.7 Å². The molecule has 8 heteroatoms. The molecule has 0 amide bonds. The van der Waals surface area contributed by atoms with Crippen molar-refractivity contribution in [2.45, 2.75) is 55.3 Å². The number of fused-ring (bicyclic) bond motifs is 2. The number of likely N-dealkylation sites (tertiary alicyclic amines) is 1. The van der Waals surface area contributed by atoms with E-state index in [0.29, 0.717) is 18.6 Å². The standard InChI is InChI=1S/C31H41NO7/c1-32-15-29(16-35-2)12-11-20(36-3)31-19-14-30(34)21(37-4)13-18(23(26(31)32)24(38-5)25(29)31)22(19)27(30)39-28(33)17-9-7-6-8-10-17/h6-10,13,19-27,34H,11-12,14-16H2,1-5H3/t19-,20+,21+,22-,23?,24+,25-,26-,27-,29+,30+,31+/m1/s1. The van der Waals surface area contributed by atoms with Crippen LogP contribution in [0, 0.1) is 34.5 Å². The van der Waals surface area contributed by atoms with Gasteiger partial charge in [0.15, 0.2) is 0 Å². The lowest BCUT2D eigenvalue weighted by molar-refractivity contribution is -0.239. The Bertz CT molecular complexity index is 1170.